The van der Waals surface area contributed by atoms with E-state index in [-0.39, 0.29) is 17.6 Å². The normalized spacial score (nSPS) is 15.0. The molecule has 0 N–H and O–H groups in total. The van der Waals surface area contributed by atoms with Crippen molar-refractivity contribution in [3.8, 4) is 0 Å². The van der Waals surface area contributed by atoms with Crippen molar-refractivity contribution in [2.24, 2.45) is 0 Å². The molecule has 0 rings (SSSR count). The van der Waals surface area contributed by atoms with Gasteiger partial charge in [0, 0.05) is 17.6 Å². The van der Waals surface area contributed by atoms with Crippen LogP contribution in [0.1, 0.15) is 6.92 Å². The molecule has 0 fully saturated rings. The van der Waals surface area contributed by atoms with Gasteiger partial charge in [-0.15, -0.1) is 0 Å². The molecule has 0 aromatic carbocycles. The van der Waals surface area contributed by atoms with Crippen molar-refractivity contribution >= 4 is 17.6 Å². The molecule has 0 amide bonds. The highest BCUT2D eigenvalue weighted by molar-refractivity contribution is 6.62. The van der Waals surface area contributed by atoms with Crippen molar-refractivity contribution < 1.29 is 0 Å². The van der Waals surface area contributed by atoms with Crippen LogP contribution in [-0.4, -0.2) is 17.6 Å². The highest BCUT2D eigenvalue weighted by Crippen LogP contribution is 2.16. The highest BCUT2D eigenvalue weighted by atomic mass is 28.3. The number of rotatable bonds is 3. The summed E-state index contributed by atoms with van der Waals surface area (Å²) >= 11 is 0. The van der Waals surface area contributed by atoms with Crippen LogP contribution in [0.15, 0.2) is 0 Å². The van der Waals surface area contributed by atoms with Crippen molar-refractivity contribution in [3.05, 3.63) is 0 Å². The molecule has 0 saturated carbocycles. The van der Waals surface area contributed by atoms with Crippen molar-refractivity contribution in [1.29, 1.82) is 0 Å². The predicted molar refractivity (Wildman–Crippen MR) is 49.2 cm³/mol. The summed E-state index contributed by atoms with van der Waals surface area (Å²) in [7, 11) is 0.0650. The van der Waals surface area contributed by atoms with Gasteiger partial charge in [-0.3, -0.25) is 0 Å². The van der Waals surface area contributed by atoms with E-state index in [4.69, 9.17) is 0 Å². The van der Waals surface area contributed by atoms with Gasteiger partial charge < -0.3 is 0 Å². The van der Waals surface area contributed by atoms with E-state index in [0.717, 1.165) is 5.54 Å². The zero-order chi connectivity index (χ0) is 7.44. The summed E-state index contributed by atoms with van der Waals surface area (Å²) in [5, 5.41) is 0. The first kappa shape index (κ1) is 9.43. The van der Waals surface area contributed by atoms with E-state index in [2.05, 4.69) is 33.1 Å². The van der Waals surface area contributed by atoms with E-state index in [0.29, 0.717) is 0 Å². The third-order valence-electron chi connectivity index (χ3n) is 1.70. The molecule has 2 radical (unpaired) electrons. The molecule has 0 saturated heterocycles. The second-order valence-electron chi connectivity index (χ2n) is 3.39. The van der Waals surface area contributed by atoms with Crippen LogP contribution in [0, 0.1) is 0 Å². The standard InChI is InChI=1S/C7H18Si2/c1-7(9(4)5)6-8(2)3/h7H,6H2,1-5H3. The Balaban J connectivity index is 3.38. The third-order valence-corrected chi connectivity index (χ3v) is 5.71. The molecule has 0 bridgehead atoms. The summed E-state index contributed by atoms with van der Waals surface area (Å²) in [5.74, 6) is 0. The van der Waals surface area contributed by atoms with Crippen LogP contribution in [0.3, 0.4) is 0 Å². The van der Waals surface area contributed by atoms with Gasteiger partial charge in [0.2, 0.25) is 0 Å². The van der Waals surface area contributed by atoms with Gasteiger partial charge in [0.05, 0.1) is 0 Å². The SMILES string of the molecule is CC(C[Si](C)C)[Si](C)C. The Morgan fingerprint density at radius 2 is 1.56 bits per heavy atom. The van der Waals surface area contributed by atoms with E-state index in [1.807, 2.05) is 0 Å². The maximum absolute atomic E-state index is 2.42. The molecule has 2 heteroatoms. The van der Waals surface area contributed by atoms with Gasteiger partial charge in [0.15, 0.2) is 0 Å². The van der Waals surface area contributed by atoms with Gasteiger partial charge >= 0.3 is 0 Å². The minimum atomic E-state index is 0.0180. The summed E-state index contributed by atoms with van der Waals surface area (Å²) in [5.41, 5.74) is 1.04. The first-order valence-electron chi connectivity index (χ1n) is 3.63. The largest absolute Gasteiger partial charge is 0.0713 e. The quantitative estimate of drug-likeness (QED) is 0.554. The lowest BCUT2D eigenvalue weighted by Crippen LogP contribution is -2.13. The predicted octanol–water partition coefficient (Wildman–Crippen LogP) is 2.89. The van der Waals surface area contributed by atoms with E-state index in [1.54, 1.807) is 0 Å². The molecule has 0 heterocycles. The Labute approximate surface area is 62.9 Å². The van der Waals surface area contributed by atoms with E-state index >= 15 is 0 Å². The molecule has 9 heavy (non-hydrogen) atoms. The molecular weight excluding hydrogens is 140 g/mol. The molecule has 0 spiro atoms. The lowest BCUT2D eigenvalue weighted by Gasteiger charge is -2.14. The molecule has 54 valence electrons. The van der Waals surface area contributed by atoms with Crippen LogP contribution in [0.4, 0.5) is 0 Å². The van der Waals surface area contributed by atoms with Crippen molar-refractivity contribution in [1.82, 2.24) is 0 Å². The van der Waals surface area contributed by atoms with Crippen LogP contribution < -0.4 is 0 Å². The average molecular weight is 158 g/mol. The third kappa shape index (κ3) is 4.91. The second kappa shape index (κ2) is 4.28. The van der Waals surface area contributed by atoms with Crippen LogP contribution in [0.25, 0.3) is 0 Å². The van der Waals surface area contributed by atoms with E-state index < -0.39 is 0 Å². The van der Waals surface area contributed by atoms with Crippen LogP contribution in [0.2, 0.25) is 37.8 Å². The molecule has 0 aliphatic rings. The fourth-order valence-electron chi connectivity index (χ4n) is 0.816. The molecule has 0 aliphatic carbocycles. The topological polar surface area (TPSA) is 0 Å². The Morgan fingerprint density at radius 3 is 1.67 bits per heavy atom. The van der Waals surface area contributed by atoms with Crippen molar-refractivity contribution in [2.75, 3.05) is 0 Å². The van der Waals surface area contributed by atoms with E-state index in [9.17, 15) is 0 Å². The molecule has 1 atom stereocenters. The molecule has 0 aromatic heterocycles. The molecule has 0 aliphatic heterocycles. The fourth-order valence-corrected chi connectivity index (χ4v) is 4.90. The molecular formula is C7H18Si2. The Kier molecular flexibility index (Phi) is 4.49. The fraction of sp³-hybridized carbons (Fsp3) is 1.00. The van der Waals surface area contributed by atoms with Crippen LogP contribution in [-0.2, 0) is 0 Å². The monoisotopic (exact) mass is 158 g/mol. The summed E-state index contributed by atoms with van der Waals surface area (Å²) in [6, 6.07) is 1.52. The maximum Gasteiger partial charge on any atom is 0.0440 e. The summed E-state index contributed by atoms with van der Waals surface area (Å²) in [6.45, 7) is 12.1. The van der Waals surface area contributed by atoms with Crippen molar-refractivity contribution in [2.45, 2.75) is 44.7 Å². The second-order valence-corrected chi connectivity index (χ2v) is 9.35. The minimum absolute atomic E-state index is 0.0180. The van der Waals surface area contributed by atoms with E-state index in [1.165, 1.54) is 6.04 Å². The first-order valence-corrected chi connectivity index (χ1v) is 8.91. The summed E-state index contributed by atoms with van der Waals surface area (Å²) in [6.07, 6.45) is 0. The number of hydrogen-bond acceptors (Lipinski definition) is 0. The molecule has 0 aromatic rings. The lowest BCUT2D eigenvalue weighted by molar-refractivity contribution is 1.02. The molecule has 1 unspecified atom stereocenters. The summed E-state index contributed by atoms with van der Waals surface area (Å²) in [4.78, 5) is 0. The van der Waals surface area contributed by atoms with Gasteiger partial charge in [-0.2, -0.15) is 0 Å². The van der Waals surface area contributed by atoms with Crippen molar-refractivity contribution in [3.63, 3.8) is 0 Å². The zero-order valence-corrected chi connectivity index (χ0v) is 9.28. The van der Waals surface area contributed by atoms with Crippen LogP contribution >= 0.6 is 0 Å². The average Bonchev–Trinajstić information content (AvgIpc) is 1.63. The zero-order valence-electron chi connectivity index (χ0n) is 7.28. The Morgan fingerprint density at radius 1 is 1.11 bits per heavy atom. The maximum atomic E-state index is 2.42. The highest BCUT2D eigenvalue weighted by Gasteiger charge is 2.10. The van der Waals surface area contributed by atoms with Gasteiger partial charge in [0.1, 0.15) is 0 Å². The minimum Gasteiger partial charge on any atom is -0.0713 e. The summed E-state index contributed by atoms with van der Waals surface area (Å²) < 4.78 is 0. The smallest absolute Gasteiger partial charge is 0.0440 e. The number of hydrogen-bond donors (Lipinski definition) is 0. The van der Waals surface area contributed by atoms with Gasteiger partial charge in [0.25, 0.3) is 0 Å². The van der Waals surface area contributed by atoms with Gasteiger partial charge in [-0.1, -0.05) is 44.7 Å². The lowest BCUT2D eigenvalue weighted by atomic mass is 10.6. The van der Waals surface area contributed by atoms with Gasteiger partial charge in [-0.05, 0) is 0 Å². The Hall–Kier alpha value is 0.434. The molecule has 0 nitrogen and oxygen atoms in total. The first-order chi connectivity index (χ1) is 4.04. The van der Waals surface area contributed by atoms with Gasteiger partial charge in [-0.25, -0.2) is 0 Å². The Bertz CT molecular complexity index is 69.3. The van der Waals surface area contributed by atoms with Crippen LogP contribution in [0.5, 0.6) is 0 Å².